The van der Waals surface area contributed by atoms with Crippen molar-refractivity contribution in [3.8, 4) is 0 Å². The number of sulfonamides is 1. The molecule has 0 radical (unpaired) electrons. The van der Waals surface area contributed by atoms with Gasteiger partial charge < -0.3 is 4.90 Å². The van der Waals surface area contributed by atoms with E-state index in [1.165, 1.54) is 16.7 Å². The number of benzene rings is 2. The Kier molecular flexibility index (Phi) is 4.71. The maximum Gasteiger partial charge on any atom is 0.243 e. The van der Waals surface area contributed by atoms with E-state index in [2.05, 4.69) is 6.07 Å². The highest BCUT2D eigenvalue weighted by atomic mass is 32.2. The van der Waals surface area contributed by atoms with Crippen LogP contribution in [0.2, 0.25) is 0 Å². The molecule has 1 fully saturated rings. The van der Waals surface area contributed by atoms with Crippen molar-refractivity contribution >= 4 is 21.6 Å². The van der Waals surface area contributed by atoms with E-state index in [4.69, 9.17) is 0 Å². The maximum atomic E-state index is 13.1. The van der Waals surface area contributed by atoms with Crippen LogP contribution in [0.25, 0.3) is 0 Å². The zero-order chi connectivity index (χ0) is 20.0. The summed E-state index contributed by atoms with van der Waals surface area (Å²) in [5, 5.41) is 0. The first-order valence-electron chi connectivity index (χ1n) is 10.6. The van der Waals surface area contributed by atoms with E-state index >= 15 is 0 Å². The molecule has 0 saturated carbocycles. The van der Waals surface area contributed by atoms with Crippen molar-refractivity contribution in [3.63, 3.8) is 0 Å². The third-order valence-electron chi connectivity index (χ3n) is 6.66. The molecule has 1 aliphatic carbocycles. The average Bonchev–Trinajstić information content (AvgIpc) is 3.39. The molecule has 6 heteroatoms. The monoisotopic (exact) mass is 410 g/mol. The first-order valence-corrected chi connectivity index (χ1v) is 12.0. The van der Waals surface area contributed by atoms with Crippen molar-refractivity contribution < 1.29 is 13.2 Å². The van der Waals surface area contributed by atoms with Gasteiger partial charge in [0.15, 0.2) is 0 Å². The molecule has 0 bridgehead atoms. The van der Waals surface area contributed by atoms with E-state index in [9.17, 15) is 13.2 Å². The van der Waals surface area contributed by atoms with Gasteiger partial charge >= 0.3 is 0 Å². The van der Waals surface area contributed by atoms with Crippen LogP contribution in [0.1, 0.15) is 36.0 Å². The van der Waals surface area contributed by atoms with E-state index in [-0.39, 0.29) is 11.8 Å². The van der Waals surface area contributed by atoms with Gasteiger partial charge in [0.25, 0.3) is 0 Å². The summed E-state index contributed by atoms with van der Waals surface area (Å²) in [6.45, 7) is 1.54. The molecule has 0 unspecified atom stereocenters. The van der Waals surface area contributed by atoms with Crippen molar-refractivity contribution in [1.82, 2.24) is 4.31 Å². The summed E-state index contributed by atoms with van der Waals surface area (Å²) < 4.78 is 27.8. The standard InChI is InChI=1S/C23H26N2O3S/c26-23(25-15-12-18-4-1-2-7-22(18)25)19-10-13-24(14-11-19)29(27,28)21-9-8-17-5-3-6-20(17)16-21/h1-2,4,7-9,16,19H,3,5-6,10-15H2. The van der Waals surface area contributed by atoms with Crippen molar-refractivity contribution in [2.45, 2.75) is 43.4 Å². The molecule has 2 aromatic carbocycles. The molecule has 1 amide bonds. The molecule has 1 saturated heterocycles. The number of amides is 1. The fraction of sp³-hybridized carbons (Fsp3) is 0.435. The third kappa shape index (κ3) is 3.28. The Balaban J connectivity index is 1.27. The second-order valence-electron chi connectivity index (χ2n) is 8.33. The van der Waals surface area contributed by atoms with Crippen LogP contribution in [0.5, 0.6) is 0 Å². The molecule has 0 N–H and O–H groups in total. The number of rotatable bonds is 3. The molecule has 0 spiro atoms. The van der Waals surface area contributed by atoms with E-state index in [1.54, 1.807) is 10.4 Å². The second kappa shape index (κ2) is 7.26. The minimum atomic E-state index is -3.49. The molecular formula is C23H26N2O3S. The first-order chi connectivity index (χ1) is 14.0. The predicted octanol–water partition coefficient (Wildman–Crippen LogP) is 3.17. The van der Waals surface area contributed by atoms with Crippen LogP contribution in [0.15, 0.2) is 47.4 Å². The van der Waals surface area contributed by atoms with Crippen molar-refractivity contribution in [2.75, 3.05) is 24.5 Å². The summed E-state index contributed by atoms with van der Waals surface area (Å²) >= 11 is 0. The number of carbonyl (C=O) groups excluding carboxylic acids is 1. The Morgan fingerprint density at radius 3 is 2.45 bits per heavy atom. The largest absolute Gasteiger partial charge is 0.312 e. The highest BCUT2D eigenvalue weighted by Gasteiger charge is 2.36. The zero-order valence-corrected chi connectivity index (χ0v) is 17.3. The normalized spacial score (nSPS) is 19.9. The van der Waals surface area contributed by atoms with Gasteiger partial charge in [-0.2, -0.15) is 4.31 Å². The second-order valence-corrected chi connectivity index (χ2v) is 10.3. The summed E-state index contributed by atoms with van der Waals surface area (Å²) in [4.78, 5) is 15.4. The number of hydrogen-bond acceptors (Lipinski definition) is 3. The fourth-order valence-electron chi connectivity index (χ4n) is 4.99. The van der Waals surface area contributed by atoms with Crippen molar-refractivity contribution in [1.29, 1.82) is 0 Å². The van der Waals surface area contributed by atoms with Crippen molar-refractivity contribution in [2.24, 2.45) is 5.92 Å². The summed E-state index contributed by atoms with van der Waals surface area (Å²) in [6, 6.07) is 13.6. The lowest BCUT2D eigenvalue weighted by Gasteiger charge is -2.32. The van der Waals surface area contributed by atoms with Gasteiger partial charge in [0.1, 0.15) is 0 Å². The Bertz CT molecular complexity index is 1060. The van der Waals surface area contributed by atoms with Gasteiger partial charge in [0, 0.05) is 31.2 Å². The number of nitrogens with zero attached hydrogens (tertiary/aromatic N) is 2. The molecule has 2 heterocycles. The Morgan fingerprint density at radius 1 is 0.862 bits per heavy atom. The summed E-state index contributed by atoms with van der Waals surface area (Å²) in [5.41, 5.74) is 4.69. The van der Waals surface area contributed by atoms with Crippen LogP contribution in [0.3, 0.4) is 0 Å². The molecule has 29 heavy (non-hydrogen) atoms. The topological polar surface area (TPSA) is 57.7 Å². The number of anilines is 1. The zero-order valence-electron chi connectivity index (χ0n) is 16.5. The molecule has 2 aliphatic heterocycles. The first kappa shape index (κ1) is 18.8. The Hall–Kier alpha value is -2.18. The van der Waals surface area contributed by atoms with Crippen LogP contribution in [-0.4, -0.2) is 38.3 Å². The number of aryl methyl sites for hydroxylation is 2. The van der Waals surface area contributed by atoms with Crippen molar-refractivity contribution in [3.05, 3.63) is 59.2 Å². The minimum Gasteiger partial charge on any atom is -0.312 e. The van der Waals surface area contributed by atoms with E-state index in [0.29, 0.717) is 30.8 Å². The Morgan fingerprint density at radius 2 is 1.62 bits per heavy atom. The molecule has 5 nitrogen and oxygen atoms in total. The lowest BCUT2D eigenvalue weighted by molar-refractivity contribution is -0.123. The number of carbonyl (C=O) groups is 1. The quantitative estimate of drug-likeness (QED) is 0.781. The lowest BCUT2D eigenvalue weighted by atomic mass is 9.96. The summed E-state index contributed by atoms with van der Waals surface area (Å²) in [5.74, 6) is 0.0390. The van der Waals surface area contributed by atoms with E-state index in [1.807, 2.05) is 35.2 Å². The summed E-state index contributed by atoms with van der Waals surface area (Å²) in [7, 11) is -3.49. The van der Waals surface area contributed by atoms with Gasteiger partial charge in [-0.3, -0.25) is 4.79 Å². The predicted molar refractivity (Wildman–Crippen MR) is 112 cm³/mol. The van der Waals surface area contributed by atoms with Gasteiger partial charge in [-0.25, -0.2) is 8.42 Å². The van der Waals surface area contributed by atoms with E-state index in [0.717, 1.165) is 37.9 Å². The number of fused-ring (bicyclic) bond motifs is 2. The van der Waals surface area contributed by atoms with Crippen LogP contribution >= 0.6 is 0 Å². The maximum absolute atomic E-state index is 13.1. The number of para-hydroxylation sites is 1. The summed E-state index contributed by atoms with van der Waals surface area (Å²) in [6.07, 6.45) is 5.18. The highest BCUT2D eigenvalue weighted by molar-refractivity contribution is 7.89. The number of piperidine rings is 1. The number of hydrogen-bond donors (Lipinski definition) is 0. The average molecular weight is 411 g/mol. The highest BCUT2D eigenvalue weighted by Crippen LogP contribution is 2.32. The van der Waals surface area contributed by atoms with Crippen LogP contribution in [0, 0.1) is 5.92 Å². The fourth-order valence-corrected chi connectivity index (χ4v) is 6.51. The van der Waals surface area contributed by atoms with Crippen LogP contribution < -0.4 is 4.90 Å². The third-order valence-corrected chi connectivity index (χ3v) is 8.56. The molecule has 0 atom stereocenters. The molecule has 2 aromatic rings. The molecule has 3 aliphatic rings. The lowest BCUT2D eigenvalue weighted by Crippen LogP contribution is -2.44. The van der Waals surface area contributed by atoms with Crippen LogP contribution in [0.4, 0.5) is 5.69 Å². The van der Waals surface area contributed by atoms with Gasteiger partial charge in [0.05, 0.1) is 4.90 Å². The minimum absolute atomic E-state index is 0.104. The smallest absolute Gasteiger partial charge is 0.243 e. The molecule has 5 rings (SSSR count). The Labute approximate surface area is 172 Å². The molecule has 152 valence electrons. The van der Waals surface area contributed by atoms with Gasteiger partial charge in [-0.15, -0.1) is 0 Å². The van der Waals surface area contributed by atoms with Gasteiger partial charge in [-0.1, -0.05) is 24.3 Å². The van der Waals surface area contributed by atoms with Crippen LogP contribution in [-0.2, 0) is 34.1 Å². The van der Waals surface area contributed by atoms with Gasteiger partial charge in [-0.05, 0) is 73.4 Å². The van der Waals surface area contributed by atoms with E-state index < -0.39 is 10.0 Å². The SMILES string of the molecule is O=C(C1CCN(S(=O)(=O)c2ccc3c(c2)CCC3)CC1)N1CCc2ccccc21. The van der Waals surface area contributed by atoms with Gasteiger partial charge in [0.2, 0.25) is 15.9 Å². The molecular weight excluding hydrogens is 384 g/mol. The molecule has 0 aromatic heterocycles.